The zero-order valence-electron chi connectivity index (χ0n) is 24.4. The lowest BCUT2D eigenvalue weighted by Gasteiger charge is -2.50. The molecule has 1 unspecified atom stereocenters. The molecule has 6 N–H and O–H groups in total. The summed E-state index contributed by atoms with van der Waals surface area (Å²) in [6.45, 7) is 5.71. The molecule has 20 heteroatoms. The van der Waals surface area contributed by atoms with E-state index in [1.54, 1.807) is 0 Å². The Labute approximate surface area is 261 Å². The normalized spacial score (nSPS) is 18.0. The highest BCUT2D eigenvalue weighted by atomic mass is 32.3. The number of oxime groups is 1. The van der Waals surface area contributed by atoms with Crippen molar-refractivity contribution < 1.29 is 51.0 Å². The Morgan fingerprint density at radius 1 is 1.36 bits per heavy atom. The number of aromatic nitrogens is 3. The largest absolute Gasteiger partial charge is 0.490 e. The molecule has 2 fully saturated rings. The smallest absolute Gasteiger partial charge is 0.418 e. The summed E-state index contributed by atoms with van der Waals surface area (Å²) >= 11 is 1.08. The van der Waals surface area contributed by atoms with E-state index in [1.165, 1.54) is 19.2 Å². The van der Waals surface area contributed by atoms with Crippen molar-refractivity contribution in [2.45, 2.75) is 32.0 Å². The molecule has 0 bridgehead atoms. The lowest BCUT2D eigenvalue weighted by Crippen LogP contribution is -2.76. The predicted molar refractivity (Wildman–Crippen MR) is 158 cm³/mol. The average molecular weight is 670 g/mol. The molecule has 2 amide bonds. The van der Waals surface area contributed by atoms with Crippen LogP contribution in [0.3, 0.4) is 0 Å². The van der Waals surface area contributed by atoms with Gasteiger partial charge in [0.2, 0.25) is 6.20 Å². The number of nitrogens with one attached hydrogen (secondary N) is 2. The first-order valence-corrected chi connectivity index (χ1v) is 15.6. The Balaban J connectivity index is 0.00000148. The number of hydrogen-bond acceptors (Lipinski definition) is 13. The van der Waals surface area contributed by atoms with Crippen LogP contribution in [0.1, 0.15) is 19.5 Å². The van der Waals surface area contributed by atoms with Gasteiger partial charge in [-0.15, -0.1) is 20.3 Å². The molecule has 4 heterocycles. The number of thiazole rings is 1. The molecule has 2 aliphatic heterocycles. The Kier molecular flexibility index (Phi) is 10.2. The molecule has 0 radical (unpaired) electrons. The quantitative estimate of drug-likeness (QED) is 0.0298. The number of nitrogen functional groups attached to an aromatic ring is 1. The van der Waals surface area contributed by atoms with Crippen molar-refractivity contribution in [2.24, 2.45) is 18.1 Å². The van der Waals surface area contributed by atoms with E-state index in [0.717, 1.165) is 41.9 Å². The first-order chi connectivity index (χ1) is 21.2. The van der Waals surface area contributed by atoms with Crippen LogP contribution in [0, 0.1) is 5.92 Å². The molecule has 45 heavy (non-hydrogen) atoms. The first kappa shape index (κ1) is 33.5. The molecule has 18 nitrogen and oxygen atoms in total. The lowest BCUT2D eigenvalue weighted by atomic mass is 9.84. The summed E-state index contributed by atoms with van der Waals surface area (Å²) in [6.07, 6.45) is 2.04. The monoisotopic (exact) mass is 669 g/mol. The maximum atomic E-state index is 13.1. The molecular weight excluding hydrogens is 636 g/mol. The Hall–Kier alpha value is -4.37. The highest BCUT2D eigenvalue weighted by Crippen LogP contribution is 2.33. The van der Waals surface area contributed by atoms with Gasteiger partial charge in [0.05, 0.1) is 17.5 Å². The molecular formula is C25H33N8O10S2+. The summed E-state index contributed by atoms with van der Waals surface area (Å²) in [6, 6.07) is 4.64. The molecule has 0 saturated carbocycles. The number of nitrogens with two attached hydrogens (primary N) is 1. The minimum atomic E-state index is -4.94. The van der Waals surface area contributed by atoms with Gasteiger partial charge in [0.25, 0.3) is 18.3 Å². The lowest BCUT2D eigenvalue weighted by molar-refractivity contribution is -0.751. The van der Waals surface area contributed by atoms with Crippen molar-refractivity contribution in [1.29, 1.82) is 0 Å². The summed E-state index contributed by atoms with van der Waals surface area (Å²) in [7, 11) is -2.93. The van der Waals surface area contributed by atoms with Crippen LogP contribution in [-0.2, 0) is 47.5 Å². The van der Waals surface area contributed by atoms with Crippen LogP contribution in [0.15, 0.2) is 34.9 Å². The van der Waals surface area contributed by atoms with Gasteiger partial charge in [-0.2, -0.15) is 18.2 Å². The third-order valence-corrected chi connectivity index (χ3v) is 7.99. The van der Waals surface area contributed by atoms with Crippen LogP contribution in [0.25, 0.3) is 10.9 Å². The average Bonchev–Trinajstić information content (AvgIpc) is 3.50. The fourth-order valence-electron chi connectivity index (χ4n) is 4.68. The minimum absolute atomic E-state index is 0.0122. The number of fused-ring (bicyclic) bond motifs is 1. The molecule has 2 aromatic heterocycles. The maximum absolute atomic E-state index is 13.1. The summed E-state index contributed by atoms with van der Waals surface area (Å²) in [4.78, 5) is 43.3. The number of benzene rings is 1. The minimum Gasteiger partial charge on any atom is -0.490 e. The highest BCUT2D eigenvalue weighted by molar-refractivity contribution is 7.80. The summed E-state index contributed by atoms with van der Waals surface area (Å²) < 4.78 is 45.5. The SMILES string of the molecule is C[n+]1cc2cc(OCCO/N=C(\C(=O)NC3C(=O)N(OS(=O)(=O)O)C3(C)C)c3csc(N)n3)ccc2n1CC1CNC1.O=CO. The second kappa shape index (κ2) is 13.7. The van der Waals surface area contributed by atoms with Crippen molar-refractivity contribution >= 4 is 61.8 Å². The van der Waals surface area contributed by atoms with E-state index in [2.05, 4.69) is 34.4 Å². The number of rotatable bonds is 12. The van der Waals surface area contributed by atoms with Gasteiger partial charge in [-0.3, -0.25) is 18.9 Å². The van der Waals surface area contributed by atoms with Crippen molar-refractivity contribution in [2.75, 3.05) is 32.0 Å². The fraction of sp³-hybridized carbons (Fsp3) is 0.440. The third kappa shape index (κ3) is 7.84. The van der Waals surface area contributed by atoms with E-state index in [9.17, 15) is 18.0 Å². The molecule has 5 rings (SSSR count). The molecule has 0 spiro atoms. The van der Waals surface area contributed by atoms with Gasteiger partial charge < -0.3 is 31.0 Å². The number of nitrogens with zero attached hydrogens (tertiary/aromatic N) is 5. The van der Waals surface area contributed by atoms with Crippen molar-refractivity contribution in [3.63, 3.8) is 0 Å². The van der Waals surface area contributed by atoms with Gasteiger partial charge in [-0.05, 0) is 32.0 Å². The Bertz CT molecular complexity index is 1700. The van der Waals surface area contributed by atoms with E-state index in [1.807, 2.05) is 31.4 Å². The zero-order valence-corrected chi connectivity index (χ0v) is 26.1. The van der Waals surface area contributed by atoms with Gasteiger partial charge in [0.15, 0.2) is 24.5 Å². The van der Waals surface area contributed by atoms with Crippen molar-refractivity contribution in [1.82, 2.24) is 25.4 Å². The third-order valence-electron chi connectivity index (χ3n) is 6.98. The molecule has 1 aromatic carbocycles. The standard InChI is InChI=1S/C24H30N8O8S2.CH2O2/c1-24(2)20(22(34)32(24)40-42(35,36)37)28-21(33)19(17-13-41-23(25)27-17)29-39-7-6-38-16-4-5-18-15(8-16)12-30(3)31(18)11-14-9-26-10-14;2-1-3/h4-5,8,12-14,20,26H,6-7,9-11H2,1-3H3,(H3-,25,27,28,33,35,36,37);1H,(H,2,3)/p+1/b29-19-;. The van der Waals surface area contributed by atoms with Crippen LogP contribution in [0.4, 0.5) is 5.13 Å². The first-order valence-electron chi connectivity index (χ1n) is 13.4. The summed E-state index contributed by atoms with van der Waals surface area (Å²) in [5.74, 6) is -0.452. The second-order valence-electron chi connectivity index (χ2n) is 10.5. The molecule has 3 aromatic rings. The van der Waals surface area contributed by atoms with Gasteiger partial charge in [0.1, 0.15) is 29.6 Å². The number of aryl methyl sites for hydroxylation is 1. The van der Waals surface area contributed by atoms with Crippen molar-refractivity contribution in [3.8, 4) is 5.75 Å². The number of amides is 2. The molecule has 2 saturated heterocycles. The topological polar surface area (TPSA) is 241 Å². The number of ether oxygens (including phenoxy) is 1. The van der Waals surface area contributed by atoms with Gasteiger partial charge in [0, 0.05) is 24.4 Å². The van der Waals surface area contributed by atoms with Crippen molar-refractivity contribution in [3.05, 3.63) is 35.5 Å². The molecule has 0 aliphatic carbocycles. The Morgan fingerprint density at radius 3 is 2.64 bits per heavy atom. The van der Waals surface area contributed by atoms with Crippen LogP contribution in [-0.4, -0.2) is 94.7 Å². The molecule has 2 aliphatic rings. The number of β-lactam (4-membered cyclic amide) rings is 1. The van der Waals surface area contributed by atoms with Crippen LogP contribution < -0.4 is 25.8 Å². The maximum Gasteiger partial charge on any atom is 0.418 e. The zero-order chi connectivity index (χ0) is 32.9. The van der Waals surface area contributed by atoms with Gasteiger partial charge >= 0.3 is 10.4 Å². The Morgan fingerprint density at radius 2 is 2.07 bits per heavy atom. The number of anilines is 1. The number of carboxylic acid groups (broad SMARTS) is 1. The fourth-order valence-corrected chi connectivity index (χ4v) is 5.68. The van der Waals surface area contributed by atoms with Crippen LogP contribution in [0.5, 0.6) is 5.75 Å². The van der Waals surface area contributed by atoms with Crippen LogP contribution in [0.2, 0.25) is 0 Å². The van der Waals surface area contributed by atoms with E-state index in [0.29, 0.717) is 16.7 Å². The second-order valence-corrected chi connectivity index (χ2v) is 12.4. The molecule has 1 atom stereocenters. The van der Waals surface area contributed by atoms with E-state index < -0.39 is 33.8 Å². The van der Waals surface area contributed by atoms with E-state index >= 15 is 0 Å². The summed E-state index contributed by atoms with van der Waals surface area (Å²) in [5.41, 5.74) is 5.38. The number of hydroxylamine groups is 2. The van der Waals surface area contributed by atoms with Gasteiger partial charge in [-0.25, -0.2) is 4.98 Å². The number of carbonyl (C=O) groups excluding carboxylic acids is 2. The van der Waals surface area contributed by atoms with Crippen LogP contribution >= 0.6 is 11.3 Å². The highest BCUT2D eigenvalue weighted by Gasteiger charge is 2.58. The number of carbonyl (C=O) groups is 3. The summed E-state index contributed by atoms with van der Waals surface area (Å²) in [5, 5.41) is 19.8. The predicted octanol–water partition coefficient (Wildman–Crippen LogP) is -0.936. The van der Waals surface area contributed by atoms with E-state index in [-0.39, 0.29) is 36.2 Å². The van der Waals surface area contributed by atoms with E-state index in [4.69, 9.17) is 29.8 Å². The number of hydrogen-bond donors (Lipinski definition) is 5. The molecule has 244 valence electrons. The van der Waals surface area contributed by atoms with Gasteiger partial charge in [-0.1, -0.05) is 5.16 Å².